The monoisotopic (exact) mass is 340 g/mol. The third-order valence-electron chi connectivity index (χ3n) is 4.00. The first-order chi connectivity index (χ1) is 11.6. The number of amides is 1. The van der Waals surface area contributed by atoms with Gasteiger partial charge in [-0.3, -0.25) is 4.79 Å². The molecule has 4 nitrogen and oxygen atoms in total. The SMILES string of the molecule is C[C@@H]([NH2+]CC(=O)Nc1cccnc1Cl)c1cccc2ccccc12. The maximum absolute atomic E-state index is 12.1. The topological polar surface area (TPSA) is 58.6 Å². The molecule has 0 saturated heterocycles. The number of fused-ring (bicyclic) bond motifs is 1. The first-order valence-electron chi connectivity index (χ1n) is 7.86. The van der Waals surface area contributed by atoms with Crippen molar-refractivity contribution in [2.45, 2.75) is 13.0 Å². The van der Waals surface area contributed by atoms with Gasteiger partial charge >= 0.3 is 0 Å². The number of nitrogens with one attached hydrogen (secondary N) is 1. The summed E-state index contributed by atoms with van der Waals surface area (Å²) < 4.78 is 0. The number of carbonyl (C=O) groups excluding carboxylic acids is 1. The number of hydrogen-bond donors (Lipinski definition) is 2. The van der Waals surface area contributed by atoms with Crippen molar-refractivity contribution in [2.24, 2.45) is 0 Å². The number of benzene rings is 2. The minimum Gasteiger partial charge on any atom is -0.332 e. The van der Waals surface area contributed by atoms with Crippen LogP contribution in [0.25, 0.3) is 10.8 Å². The quantitative estimate of drug-likeness (QED) is 0.701. The summed E-state index contributed by atoms with van der Waals surface area (Å²) in [6.07, 6.45) is 1.59. The summed E-state index contributed by atoms with van der Waals surface area (Å²) in [7, 11) is 0. The van der Waals surface area contributed by atoms with Crippen molar-refractivity contribution < 1.29 is 10.1 Å². The predicted molar refractivity (Wildman–Crippen MR) is 97.0 cm³/mol. The molecule has 0 bridgehead atoms. The first-order valence-corrected chi connectivity index (χ1v) is 8.24. The van der Waals surface area contributed by atoms with Gasteiger partial charge in [0.05, 0.1) is 5.69 Å². The van der Waals surface area contributed by atoms with Crippen LogP contribution in [0.1, 0.15) is 18.5 Å². The Morgan fingerprint density at radius 2 is 1.96 bits per heavy atom. The van der Waals surface area contributed by atoms with Gasteiger partial charge in [0.25, 0.3) is 5.91 Å². The highest BCUT2D eigenvalue weighted by atomic mass is 35.5. The van der Waals surface area contributed by atoms with Crippen molar-refractivity contribution in [3.8, 4) is 0 Å². The predicted octanol–water partition coefficient (Wildman–Crippen LogP) is 3.15. The van der Waals surface area contributed by atoms with Crippen LogP contribution in [0.2, 0.25) is 5.15 Å². The van der Waals surface area contributed by atoms with Crippen LogP contribution in [0.3, 0.4) is 0 Å². The third kappa shape index (κ3) is 3.72. The van der Waals surface area contributed by atoms with Gasteiger partial charge in [0.1, 0.15) is 6.04 Å². The van der Waals surface area contributed by atoms with E-state index in [1.165, 1.54) is 16.3 Å². The fraction of sp³-hybridized carbons (Fsp3) is 0.158. The number of nitrogens with two attached hydrogens (primary N) is 1. The van der Waals surface area contributed by atoms with E-state index in [9.17, 15) is 4.79 Å². The first kappa shape index (κ1) is 16.4. The molecule has 0 aliphatic heterocycles. The summed E-state index contributed by atoms with van der Waals surface area (Å²) in [6.45, 7) is 2.42. The molecule has 24 heavy (non-hydrogen) atoms. The summed E-state index contributed by atoms with van der Waals surface area (Å²) in [4.78, 5) is 16.1. The van der Waals surface area contributed by atoms with Crippen LogP contribution in [0.15, 0.2) is 60.8 Å². The Balaban J connectivity index is 1.65. The van der Waals surface area contributed by atoms with E-state index in [1.807, 2.05) is 17.4 Å². The molecule has 3 N–H and O–H groups in total. The lowest BCUT2D eigenvalue weighted by Crippen LogP contribution is -2.86. The number of pyridine rings is 1. The Morgan fingerprint density at radius 3 is 2.79 bits per heavy atom. The molecule has 0 aliphatic carbocycles. The van der Waals surface area contributed by atoms with E-state index in [2.05, 4.69) is 47.6 Å². The molecule has 0 spiro atoms. The van der Waals surface area contributed by atoms with Crippen LogP contribution >= 0.6 is 11.6 Å². The number of halogens is 1. The zero-order valence-corrected chi connectivity index (χ0v) is 14.1. The number of anilines is 1. The molecule has 3 rings (SSSR count). The smallest absolute Gasteiger partial charge is 0.279 e. The molecule has 1 aromatic heterocycles. The minimum atomic E-state index is -0.100. The third-order valence-corrected chi connectivity index (χ3v) is 4.31. The summed E-state index contributed by atoms with van der Waals surface area (Å²) in [5.74, 6) is -0.100. The zero-order chi connectivity index (χ0) is 16.9. The lowest BCUT2D eigenvalue weighted by Gasteiger charge is -2.14. The van der Waals surface area contributed by atoms with Gasteiger partial charge in [0, 0.05) is 11.8 Å². The van der Waals surface area contributed by atoms with Crippen molar-refractivity contribution in [3.05, 3.63) is 71.5 Å². The van der Waals surface area contributed by atoms with Crippen LogP contribution < -0.4 is 10.6 Å². The second-order valence-corrected chi connectivity index (χ2v) is 6.04. The second-order valence-electron chi connectivity index (χ2n) is 5.69. The summed E-state index contributed by atoms with van der Waals surface area (Å²) in [6, 6.07) is 18.2. The Bertz CT molecular complexity index is 861. The molecule has 0 radical (unpaired) electrons. The molecule has 2 aromatic carbocycles. The van der Waals surface area contributed by atoms with Gasteiger partial charge in [0.15, 0.2) is 11.7 Å². The van der Waals surface area contributed by atoms with E-state index >= 15 is 0 Å². The fourth-order valence-electron chi connectivity index (χ4n) is 2.74. The fourth-order valence-corrected chi connectivity index (χ4v) is 2.91. The standard InChI is InChI=1S/C19H18ClN3O/c1-13(15-9-4-7-14-6-2-3-8-16(14)15)22-12-18(24)23-17-10-5-11-21-19(17)20/h2-11,13,22H,12H2,1H3,(H,23,24)/p+1/t13-/m1/s1. The maximum atomic E-state index is 12.1. The van der Waals surface area contributed by atoms with Crippen molar-refractivity contribution in [3.63, 3.8) is 0 Å². The van der Waals surface area contributed by atoms with Gasteiger partial charge in [-0.05, 0) is 29.8 Å². The molecular formula is C19H19ClN3O+. The van der Waals surface area contributed by atoms with Crippen LogP contribution in [-0.2, 0) is 4.79 Å². The Labute approximate surface area is 145 Å². The lowest BCUT2D eigenvalue weighted by atomic mass is 10.00. The van der Waals surface area contributed by atoms with Gasteiger partial charge in [-0.1, -0.05) is 54.1 Å². The van der Waals surface area contributed by atoms with Gasteiger partial charge < -0.3 is 10.6 Å². The molecule has 5 heteroatoms. The molecular weight excluding hydrogens is 322 g/mol. The molecule has 0 saturated carbocycles. The molecule has 1 amide bonds. The number of nitrogens with zero attached hydrogens (tertiary/aromatic N) is 1. The number of aromatic nitrogens is 1. The average molecular weight is 341 g/mol. The van der Waals surface area contributed by atoms with E-state index in [1.54, 1.807) is 18.3 Å². The Kier molecular flexibility index (Phi) is 5.08. The maximum Gasteiger partial charge on any atom is 0.279 e. The van der Waals surface area contributed by atoms with Crippen LogP contribution in [0, 0.1) is 0 Å². The molecule has 1 atom stereocenters. The van der Waals surface area contributed by atoms with Crippen LogP contribution in [0.5, 0.6) is 0 Å². The minimum absolute atomic E-state index is 0.100. The number of carbonyl (C=O) groups is 1. The van der Waals surface area contributed by atoms with E-state index in [0.29, 0.717) is 17.4 Å². The van der Waals surface area contributed by atoms with Crippen LogP contribution in [-0.4, -0.2) is 17.4 Å². The van der Waals surface area contributed by atoms with Gasteiger partial charge in [-0.2, -0.15) is 0 Å². The molecule has 122 valence electrons. The Morgan fingerprint density at radius 1 is 1.17 bits per heavy atom. The van der Waals surface area contributed by atoms with E-state index in [0.717, 1.165) is 0 Å². The van der Waals surface area contributed by atoms with Gasteiger partial charge in [-0.25, -0.2) is 4.98 Å². The van der Waals surface area contributed by atoms with Crippen molar-refractivity contribution in [1.82, 2.24) is 4.98 Å². The van der Waals surface area contributed by atoms with E-state index in [4.69, 9.17) is 11.6 Å². The van der Waals surface area contributed by atoms with Crippen molar-refractivity contribution in [1.29, 1.82) is 0 Å². The molecule has 0 fully saturated rings. The summed E-state index contributed by atoms with van der Waals surface area (Å²) in [5.41, 5.74) is 1.76. The molecule has 0 unspecified atom stereocenters. The van der Waals surface area contributed by atoms with E-state index in [-0.39, 0.29) is 11.9 Å². The highest BCUT2D eigenvalue weighted by Gasteiger charge is 2.14. The highest BCUT2D eigenvalue weighted by molar-refractivity contribution is 6.32. The lowest BCUT2D eigenvalue weighted by molar-refractivity contribution is -0.682. The van der Waals surface area contributed by atoms with Crippen molar-refractivity contribution >= 4 is 34.0 Å². The number of rotatable bonds is 5. The second kappa shape index (κ2) is 7.43. The molecule has 0 aliphatic rings. The summed E-state index contributed by atoms with van der Waals surface area (Å²) in [5, 5.41) is 7.54. The van der Waals surface area contributed by atoms with Crippen molar-refractivity contribution in [2.75, 3.05) is 11.9 Å². The highest BCUT2D eigenvalue weighted by Crippen LogP contribution is 2.22. The zero-order valence-electron chi connectivity index (χ0n) is 13.4. The van der Waals surface area contributed by atoms with Gasteiger partial charge in [-0.15, -0.1) is 0 Å². The number of quaternary nitrogens is 1. The molecule has 1 heterocycles. The van der Waals surface area contributed by atoms with E-state index < -0.39 is 0 Å². The van der Waals surface area contributed by atoms with Gasteiger partial charge in [0.2, 0.25) is 0 Å². The molecule has 3 aromatic rings. The Hall–Kier alpha value is -2.43. The number of hydrogen-bond acceptors (Lipinski definition) is 2. The summed E-state index contributed by atoms with van der Waals surface area (Å²) >= 11 is 5.96. The van der Waals surface area contributed by atoms with Crippen LogP contribution in [0.4, 0.5) is 5.69 Å². The largest absolute Gasteiger partial charge is 0.332 e. The average Bonchev–Trinajstić information content (AvgIpc) is 2.61. The normalized spacial score (nSPS) is 12.1.